The molecule has 0 atom stereocenters. The first kappa shape index (κ1) is 14.1. The molecule has 0 N–H and O–H groups in total. The second-order valence-corrected chi connectivity index (χ2v) is 4.19. The van der Waals surface area contributed by atoms with Crippen molar-refractivity contribution in [2.45, 2.75) is 44.2 Å². The number of hydrogen-bond acceptors (Lipinski definition) is 1. The van der Waals surface area contributed by atoms with E-state index in [9.17, 15) is 26.7 Å². The molecule has 0 unspecified atom stereocenters. The molecule has 1 aliphatic carbocycles. The van der Waals surface area contributed by atoms with Crippen molar-refractivity contribution in [3.8, 4) is 0 Å². The van der Waals surface area contributed by atoms with E-state index in [1.165, 1.54) is 6.08 Å². The summed E-state index contributed by atoms with van der Waals surface area (Å²) in [6, 6.07) is 0. The SMILES string of the molecule is O=C(/C=C/C1CCCCC1)C(F)(F)C(F)(F)F. The van der Waals surface area contributed by atoms with Crippen LogP contribution in [0.25, 0.3) is 0 Å². The van der Waals surface area contributed by atoms with Crippen LogP contribution in [-0.2, 0) is 4.79 Å². The topological polar surface area (TPSA) is 17.1 Å². The van der Waals surface area contributed by atoms with Crippen molar-refractivity contribution in [3.05, 3.63) is 12.2 Å². The van der Waals surface area contributed by atoms with E-state index in [1.807, 2.05) is 0 Å². The third-order valence-corrected chi connectivity index (χ3v) is 2.84. The Morgan fingerprint density at radius 3 is 2.00 bits per heavy atom. The van der Waals surface area contributed by atoms with Gasteiger partial charge in [0.05, 0.1) is 0 Å². The molecule has 0 heterocycles. The average molecular weight is 256 g/mol. The van der Waals surface area contributed by atoms with E-state index in [4.69, 9.17) is 0 Å². The second-order valence-electron chi connectivity index (χ2n) is 4.19. The van der Waals surface area contributed by atoms with Crippen LogP contribution in [0.4, 0.5) is 22.0 Å². The predicted octanol–water partition coefficient (Wildman–Crippen LogP) is 3.89. The van der Waals surface area contributed by atoms with Gasteiger partial charge in [-0.15, -0.1) is 0 Å². The van der Waals surface area contributed by atoms with Gasteiger partial charge in [0.2, 0.25) is 5.78 Å². The molecular formula is C11H13F5O. The smallest absolute Gasteiger partial charge is 0.288 e. The number of halogens is 5. The predicted molar refractivity (Wildman–Crippen MR) is 51.7 cm³/mol. The number of alkyl halides is 5. The lowest BCUT2D eigenvalue weighted by molar-refractivity contribution is -0.266. The van der Waals surface area contributed by atoms with Crippen LogP contribution in [0, 0.1) is 5.92 Å². The molecule has 98 valence electrons. The fraction of sp³-hybridized carbons (Fsp3) is 0.727. The minimum Gasteiger partial charge on any atom is -0.288 e. The summed E-state index contributed by atoms with van der Waals surface area (Å²) in [6.07, 6.45) is 0.0864. The first-order chi connectivity index (χ1) is 7.75. The normalized spacial score (nSPS) is 19.8. The maximum absolute atomic E-state index is 12.6. The van der Waals surface area contributed by atoms with Gasteiger partial charge in [-0.25, -0.2) is 0 Å². The van der Waals surface area contributed by atoms with Gasteiger partial charge in [0.15, 0.2) is 0 Å². The van der Waals surface area contributed by atoms with Gasteiger partial charge in [0.1, 0.15) is 0 Å². The Morgan fingerprint density at radius 1 is 1.00 bits per heavy atom. The minimum atomic E-state index is -5.82. The molecule has 6 heteroatoms. The van der Waals surface area contributed by atoms with E-state index < -0.39 is 17.9 Å². The molecule has 0 aliphatic heterocycles. The number of carbonyl (C=O) groups excluding carboxylic acids is 1. The lowest BCUT2D eigenvalue weighted by Gasteiger charge is -2.19. The molecule has 1 rings (SSSR count). The lowest BCUT2D eigenvalue weighted by atomic mass is 9.89. The van der Waals surface area contributed by atoms with Crippen molar-refractivity contribution >= 4 is 5.78 Å². The number of allylic oxidation sites excluding steroid dienone is 2. The largest absolute Gasteiger partial charge is 0.461 e. The first-order valence-electron chi connectivity index (χ1n) is 5.42. The molecule has 0 amide bonds. The van der Waals surface area contributed by atoms with Crippen molar-refractivity contribution in [3.63, 3.8) is 0 Å². The lowest BCUT2D eigenvalue weighted by Crippen LogP contribution is -2.43. The Kier molecular flexibility index (Phi) is 4.27. The second kappa shape index (κ2) is 5.14. The van der Waals surface area contributed by atoms with Crippen molar-refractivity contribution in [1.82, 2.24) is 0 Å². The number of carbonyl (C=O) groups is 1. The highest BCUT2D eigenvalue weighted by Crippen LogP contribution is 2.36. The molecule has 0 aromatic carbocycles. The van der Waals surface area contributed by atoms with Gasteiger partial charge < -0.3 is 0 Å². The van der Waals surface area contributed by atoms with E-state index in [2.05, 4.69) is 0 Å². The summed E-state index contributed by atoms with van der Waals surface area (Å²) in [7, 11) is 0. The van der Waals surface area contributed by atoms with Crippen molar-refractivity contribution in [2.24, 2.45) is 5.92 Å². The first-order valence-corrected chi connectivity index (χ1v) is 5.42. The molecule has 0 saturated heterocycles. The molecular weight excluding hydrogens is 243 g/mol. The summed E-state index contributed by atoms with van der Waals surface area (Å²) in [4.78, 5) is 10.8. The fourth-order valence-corrected chi connectivity index (χ4v) is 1.79. The van der Waals surface area contributed by atoms with E-state index in [-0.39, 0.29) is 5.92 Å². The average Bonchev–Trinajstić information content (AvgIpc) is 2.25. The highest BCUT2D eigenvalue weighted by atomic mass is 19.4. The molecule has 0 radical (unpaired) electrons. The number of hydrogen-bond donors (Lipinski definition) is 0. The molecule has 1 aliphatic rings. The van der Waals surface area contributed by atoms with Crippen LogP contribution >= 0.6 is 0 Å². The molecule has 1 fully saturated rings. The Bertz CT molecular complexity index is 299. The molecule has 1 nitrogen and oxygen atoms in total. The standard InChI is InChI=1S/C11H13F5O/c12-10(13,11(14,15)16)9(17)7-6-8-4-2-1-3-5-8/h6-8H,1-5H2/b7-6+. The van der Waals surface area contributed by atoms with Gasteiger partial charge in [0.25, 0.3) is 0 Å². The Labute approximate surface area is 95.7 Å². The van der Waals surface area contributed by atoms with Gasteiger partial charge in [-0.2, -0.15) is 22.0 Å². The van der Waals surface area contributed by atoms with E-state index >= 15 is 0 Å². The van der Waals surface area contributed by atoms with E-state index in [0.29, 0.717) is 6.08 Å². The summed E-state index contributed by atoms with van der Waals surface area (Å²) in [5, 5.41) is 0. The van der Waals surface area contributed by atoms with Gasteiger partial charge in [-0.05, 0) is 24.8 Å². The van der Waals surface area contributed by atoms with Crippen LogP contribution in [0.2, 0.25) is 0 Å². The van der Waals surface area contributed by atoms with Crippen LogP contribution < -0.4 is 0 Å². The van der Waals surface area contributed by atoms with Crippen molar-refractivity contribution in [1.29, 1.82) is 0 Å². The maximum Gasteiger partial charge on any atom is 0.461 e. The summed E-state index contributed by atoms with van der Waals surface area (Å²) in [6.45, 7) is 0. The summed E-state index contributed by atoms with van der Waals surface area (Å²) < 4.78 is 60.6. The van der Waals surface area contributed by atoms with E-state index in [0.717, 1.165) is 32.1 Å². The van der Waals surface area contributed by atoms with Crippen molar-refractivity contribution < 1.29 is 26.7 Å². The van der Waals surface area contributed by atoms with Crippen LogP contribution in [-0.4, -0.2) is 17.9 Å². The van der Waals surface area contributed by atoms with Crippen LogP contribution in [0.15, 0.2) is 12.2 Å². The summed E-state index contributed by atoms with van der Waals surface area (Å²) >= 11 is 0. The molecule has 0 bridgehead atoms. The van der Waals surface area contributed by atoms with Crippen LogP contribution in [0.5, 0.6) is 0 Å². The highest BCUT2D eigenvalue weighted by molar-refractivity contribution is 5.96. The van der Waals surface area contributed by atoms with Gasteiger partial charge >= 0.3 is 12.1 Å². The van der Waals surface area contributed by atoms with Gasteiger partial charge in [0, 0.05) is 0 Å². The van der Waals surface area contributed by atoms with Gasteiger partial charge in [-0.1, -0.05) is 25.3 Å². The van der Waals surface area contributed by atoms with Crippen molar-refractivity contribution in [2.75, 3.05) is 0 Å². The Hall–Kier alpha value is -0.940. The highest BCUT2D eigenvalue weighted by Gasteiger charge is 2.62. The zero-order valence-corrected chi connectivity index (χ0v) is 9.07. The van der Waals surface area contributed by atoms with Gasteiger partial charge in [-0.3, -0.25) is 4.79 Å². The number of ketones is 1. The van der Waals surface area contributed by atoms with Crippen LogP contribution in [0.1, 0.15) is 32.1 Å². The third-order valence-electron chi connectivity index (χ3n) is 2.84. The molecule has 0 aromatic heterocycles. The Balaban J connectivity index is 2.62. The minimum absolute atomic E-state index is 0.0586. The summed E-state index contributed by atoms with van der Waals surface area (Å²) in [5.41, 5.74) is 0. The fourth-order valence-electron chi connectivity index (χ4n) is 1.79. The maximum atomic E-state index is 12.6. The molecule has 17 heavy (non-hydrogen) atoms. The third kappa shape index (κ3) is 3.51. The molecule has 1 saturated carbocycles. The zero-order chi connectivity index (χ0) is 13.1. The monoisotopic (exact) mass is 256 g/mol. The van der Waals surface area contributed by atoms with Crippen LogP contribution in [0.3, 0.4) is 0 Å². The summed E-state index contributed by atoms with van der Waals surface area (Å²) in [5.74, 6) is -7.52. The molecule has 0 spiro atoms. The Morgan fingerprint density at radius 2 is 1.53 bits per heavy atom. The quantitative estimate of drug-likeness (QED) is 0.553. The molecule has 0 aromatic rings. The zero-order valence-electron chi connectivity index (χ0n) is 9.07. The number of rotatable bonds is 3. The van der Waals surface area contributed by atoms with E-state index in [1.54, 1.807) is 0 Å².